The Bertz CT molecular complexity index is 865. The molecule has 130 valence electrons. The lowest BCUT2D eigenvalue weighted by molar-refractivity contribution is 0.0950. The van der Waals surface area contributed by atoms with Gasteiger partial charge in [-0.05, 0) is 49.7 Å². The van der Waals surface area contributed by atoms with Crippen LogP contribution in [0.4, 0.5) is 0 Å². The predicted molar refractivity (Wildman–Crippen MR) is 96.1 cm³/mol. The highest BCUT2D eigenvalue weighted by Gasteiger charge is 2.14. The summed E-state index contributed by atoms with van der Waals surface area (Å²) >= 11 is 0. The van der Waals surface area contributed by atoms with Gasteiger partial charge in [-0.25, -0.2) is 0 Å². The third-order valence-electron chi connectivity index (χ3n) is 3.77. The molecule has 0 atom stereocenters. The Hall–Kier alpha value is -2.95. The van der Waals surface area contributed by atoms with Crippen molar-refractivity contribution < 1.29 is 18.7 Å². The summed E-state index contributed by atoms with van der Waals surface area (Å²) in [6, 6.07) is 12.9. The van der Waals surface area contributed by atoms with Gasteiger partial charge in [-0.15, -0.1) is 0 Å². The van der Waals surface area contributed by atoms with Gasteiger partial charge in [0.2, 0.25) is 0 Å². The number of ether oxygens (including phenoxy) is 2. The number of carbonyl (C=O) groups is 1. The van der Waals surface area contributed by atoms with Crippen molar-refractivity contribution in [3.05, 3.63) is 59.9 Å². The number of hydrogen-bond acceptors (Lipinski definition) is 4. The summed E-state index contributed by atoms with van der Waals surface area (Å²) in [5, 5.41) is 3.77. The second-order valence-corrected chi connectivity index (χ2v) is 6.00. The standard InChI is InChI=1S/C20H21NO4/c1-13(2)25-19-11-15(10-18-17(19)8-9-24-18)20(22)21-12-14-4-6-16(23-3)7-5-14/h4-11,13H,12H2,1-3H3,(H,21,22). The average molecular weight is 339 g/mol. The van der Waals surface area contributed by atoms with E-state index in [2.05, 4.69) is 5.32 Å². The minimum atomic E-state index is -0.178. The fourth-order valence-electron chi connectivity index (χ4n) is 2.55. The molecule has 0 aliphatic carbocycles. The lowest BCUT2D eigenvalue weighted by atomic mass is 10.1. The third kappa shape index (κ3) is 3.94. The van der Waals surface area contributed by atoms with Crippen LogP contribution < -0.4 is 14.8 Å². The van der Waals surface area contributed by atoms with Crippen LogP contribution in [0.15, 0.2) is 53.1 Å². The van der Waals surface area contributed by atoms with Crippen molar-refractivity contribution in [3.63, 3.8) is 0 Å². The van der Waals surface area contributed by atoms with Gasteiger partial charge >= 0.3 is 0 Å². The summed E-state index contributed by atoms with van der Waals surface area (Å²) in [5.74, 6) is 1.26. The van der Waals surface area contributed by atoms with Gasteiger partial charge in [0.25, 0.3) is 5.91 Å². The van der Waals surface area contributed by atoms with E-state index in [1.54, 1.807) is 25.5 Å². The van der Waals surface area contributed by atoms with Gasteiger partial charge in [-0.1, -0.05) is 12.1 Å². The molecular weight excluding hydrogens is 318 g/mol. The molecule has 0 saturated heterocycles. The molecule has 0 bridgehead atoms. The first kappa shape index (κ1) is 16.9. The quantitative estimate of drug-likeness (QED) is 0.732. The second kappa shape index (κ2) is 7.30. The number of methoxy groups -OCH3 is 1. The topological polar surface area (TPSA) is 60.7 Å². The molecule has 0 unspecified atom stereocenters. The maximum absolute atomic E-state index is 12.5. The molecule has 0 spiro atoms. The lowest BCUT2D eigenvalue weighted by Gasteiger charge is -2.12. The minimum absolute atomic E-state index is 0.00992. The van der Waals surface area contributed by atoms with Crippen LogP contribution in [0.25, 0.3) is 11.0 Å². The highest BCUT2D eigenvalue weighted by Crippen LogP contribution is 2.29. The second-order valence-electron chi connectivity index (χ2n) is 6.00. The van der Waals surface area contributed by atoms with Crippen molar-refractivity contribution in [1.29, 1.82) is 0 Å². The van der Waals surface area contributed by atoms with Gasteiger partial charge in [0.1, 0.15) is 17.1 Å². The molecule has 1 aromatic heterocycles. The van der Waals surface area contributed by atoms with Crippen LogP contribution in [-0.2, 0) is 6.54 Å². The molecule has 0 radical (unpaired) electrons. The van der Waals surface area contributed by atoms with Crippen LogP contribution in [-0.4, -0.2) is 19.1 Å². The lowest BCUT2D eigenvalue weighted by Crippen LogP contribution is -2.22. The van der Waals surface area contributed by atoms with Crippen molar-refractivity contribution in [2.75, 3.05) is 7.11 Å². The van der Waals surface area contributed by atoms with E-state index in [1.807, 2.05) is 44.2 Å². The van der Waals surface area contributed by atoms with Crippen molar-refractivity contribution in [2.24, 2.45) is 0 Å². The molecule has 25 heavy (non-hydrogen) atoms. The van der Waals surface area contributed by atoms with Crippen LogP contribution in [0.1, 0.15) is 29.8 Å². The fourth-order valence-corrected chi connectivity index (χ4v) is 2.55. The molecule has 5 nitrogen and oxygen atoms in total. The number of benzene rings is 2. The van der Waals surface area contributed by atoms with Crippen LogP contribution >= 0.6 is 0 Å². The summed E-state index contributed by atoms with van der Waals surface area (Å²) in [6.45, 7) is 4.32. The molecule has 1 N–H and O–H groups in total. The number of rotatable bonds is 6. The highest BCUT2D eigenvalue weighted by molar-refractivity contribution is 5.99. The van der Waals surface area contributed by atoms with E-state index in [0.29, 0.717) is 23.4 Å². The molecule has 0 saturated carbocycles. The van der Waals surface area contributed by atoms with Crippen molar-refractivity contribution in [2.45, 2.75) is 26.5 Å². The summed E-state index contributed by atoms with van der Waals surface area (Å²) in [6.07, 6.45) is 1.60. The van der Waals surface area contributed by atoms with E-state index in [1.165, 1.54) is 0 Å². The summed E-state index contributed by atoms with van der Waals surface area (Å²) < 4.78 is 16.4. The van der Waals surface area contributed by atoms with Crippen LogP contribution in [0, 0.1) is 0 Å². The number of nitrogens with one attached hydrogen (secondary N) is 1. The molecule has 3 rings (SSSR count). The highest BCUT2D eigenvalue weighted by atomic mass is 16.5. The van der Waals surface area contributed by atoms with Crippen LogP contribution in [0.2, 0.25) is 0 Å². The maximum atomic E-state index is 12.5. The number of amides is 1. The Morgan fingerprint density at radius 1 is 1.16 bits per heavy atom. The monoisotopic (exact) mass is 339 g/mol. The summed E-state index contributed by atoms with van der Waals surface area (Å²) in [7, 11) is 1.62. The smallest absolute Gasteiger partial charge is 0.251 e. The van der Waals surface area contributed by atoms with Gasteiger partial charge in [0.15, 0.2) is 0 Å². The van der Waals surface area contributed by atoms with E-state index < -0.39 is 0 Å². The molecule has 3 aromatic rings. The van der Waals surface area contributed by atoms with Gasteiger partial charge in [0.05, 0.1) is 24.9 Å². The van der Waals surface area contributed by atoms with Gasteiger partial charge in [-0.3, -0.25) is 4.79 Å². The molecule has 0 aliphatic rings. The van der Waals surface area contributed by atoms with Crippen LogP contribution in [0.3, 0.4) is 0 Å². The van der Waals surface area contributed by atoms with Gasteiger partial charge < -0.3 is 19.2 Å². The molecule has 5 heteroatoms. The Kier molecular flexibility index (Phi) is 4.93. The largest absolute Gasteiger partial charge is 0.497 e. The number of hydrogen-bond donors (Lipinski definition) is 1. The van der Waals surface area contributed by atoms with Crippen molar-refractivity contribution in [1.82, 2.24) is 5.32 Å². The van der Waals surface area contributed by atoms with Gasteiger partial charge in [0, 0.05) is 12.1 Å². The Balaban J connectivity index is 1.76. The molecule has 0 fully saturated rings. The van der Waals surface area contributed by atoms with Crippen molar-refractivity contribution in [3.8, 4) is 11.5 Å². The Morgan fingerprint density at radius 2 is 1.92 bits per heavy atom. The third-order valence-corrected chi connectivity index (χ3v) is 3.77. The predicted octanol–water partition coefficient (Wildman–Crippen LogP) is 4.16. The van der Waals surface area contributed by atoms with Gasteiger partial charge in [-0.2, -0.15) is 0 Å². The molecule has 0 aliphatic heterocycles. The van der Waals surface area contributed by atoms with E-state index in [4.69, 9.17) is 13.9 Å². The minimum Gasteiger partial charge on any atom is -0.497 e. The van der Waals surface area contributed by atoms with E-state index in [-0.39, 0.29) is 12.0 Å². The van der Waals surface area contributed by atoms with E-state index >= 15 is 0 Å². The number of carbonyl (C=O) groups excluding carboxylic acids is 1. The first-order valence-electron chi connectivity index (χ1n) is 8.16. The summed E-state index contributed by atoms with van der Waals surface area (Å²) in [4.78, 5) is 12.5. The van der Waals surface area contributed by atoms with E-state index in [9.17, 15) is 4.79 Å². The average Bonchev–Trinajstić information content (AvgIpc) is 3.08. The maximum Gasteiger partial charge on any atom is 0.251 e. The van der Waals surface area contributed by atoms with Crippen LogP contribution in [0.5, 0.6) is 11.5 Å². The summed E-state index contributed by atoms with van der Waals surface area (Å²) in [5.41, 5.74) is 2.13. The molecule has 1 amide bonds. The van der Waals surface area contributed by atoms with E-state index in [0.717, 1.165) is 16.7 Å². The number of furan rings is 1. The zero-order valence-electron chi connectivity index (χ0n) is 14.5. The zero-order chi connectivity index (χ0) is 17.8. The van der Waals surface area contributed by atoms with Crippen molar-refractivity contribution >= 4 is 16.9 Å². The zero-order valence-corrected chi connectivity index (χ0v) is 14.5. The molecule has 2 aromatic carbocycles. The Labute approximate surface area is 146 Å². The molecule has 1 heterocycles. The number of fused-ring (bicyclic) bond motifs is 1. The first-order chi connectivity index (χ1) is 12.1. The molecular formula is C20H21NO4. The normalized spacial score (nSPS) is 10.9. The Morgan fingerprint density at radius 3 is 2.60 bits per heavy atom. The fraction of sp³-hybridized carbons (Fsp3) is 0.250. The first-order valence-corrected chi connectivity index (χ1v) is 8.16. The SMILES string of the molecule is COc1ccc(CNC(=O)c2cc(OC(C)C)c3ccoc3c2)cc1.